The molecule has 2 rings (SSSR count). The molecule has 1 atom stereocenters. The molecule has 0 fully saturated rings. The normalized spacial score (nSPS) is 12.8. The molecule has 0 spiro atoms. The summed E-state index contributed by atoms with van der Waals surface area (Å²) in [5, 5.41) is 1.33. The maximum atomic E-state index is 6.19. The number of thiophene rings is 1. The minimum atomic E-state index is -0.270. The van der Waals surface area contributed by atoms with Crippen LogP contribution < -0.4 is 5.73 Å². The highest BCUT2D eigenvalue weighted by molar-refractivity contribution is 9.11. The molecule has 0 amide bonds. The Labute approximate surface area is 130 Å². The Morgan fingerprint density at radius 3 is 2.41 bits per heavy atom. The number of benzene rings is 1. The van der Waals surface area contributed by atoms with Crippen molar-refractivity contribution in [2.45, 2.75) is 6.04 Å². The van der Waals surface area contributed by atoms with Gasteiger partial charge in [0, 0.05) is 14.4 Å². The number of rotatable bonds is 2. The standard InChI is InChI=1S/C11H7Br2Cl2NS/c12-5-1-2-7(14)6(3-5)10(16)9-4-8(15)11(13)17-9/h1-4,10H,16H2. The largest absolute Gasteiger partial charge is 0.320 e. The summed E-state index contributed by atoms with van der Waals surface area (Å²) in [6, 6.07) is 7.22. The maximum Gasteiger partial charge on any atom is 0.0888 e. The second kappa shape index (κ2) is 5.59. The zero-order chi connectivity index (χ0) is 12.6. The van der Waals surface area contributed by atoms with Gasteiger partial charge in [-0.2, -0.15) is 0 Å². The summed E-state index contributed by atoms with van der Waals surface area (Å²) >= 11 is 20.5. The van der Waals surface area contributed by atoms with Gasteiger partial charge in [0.2, 0.25) is 0 Å². The lowest BCUT2D eigenvalue weighted by Crippen LogP contribution is -2.10. The first-order chi connectivity index (χ1) is 7.99. The van der Waals surface area contributed by atoms with Gasteiger partial charge in [0.15, 0.2) is 0 Å². The van der Waals surface area contributed by atoms with Crippen molar-refractivity contribution < 1.29 is 0 Å². The van der Waals surface area contributed by atoms with E-state index in [1.807, 2.05) is 24.3 Å². The SMILES string of the molecule is NC(c1cc(Cl)c(Br)s1)c1cc(Br)ccc1Cl. The molecule has 1 aromatic carbocycles. The Kier molecular flexibility index (Phi) is 4.55. The molecule has 17 heavy (non-hydrogen) atoms. The van der Waals surface area contributed by atoms with Crippen molar-refractivity contribution in [2.24, 2.45) is 5.73 Å². The van der Waals surface area contributed by atoms with Gasteiger partial charge in [0.25, 0.3) is 0 Å². The lowest BCUT2D eigenvalue weighted by molar-refractivity contribution is 0.893. The van der Waals surface area contributed by atoms with Crippen LogP contribution in [0.1, 0.15) is 16.5 Å². The van der Waals surface area contributed by atoms with Crippen molar-refractivity contribution in [1.82, 2.24) is 0 Å². The molecule has 90 valence electrons. The molecule has 6 heteroatoms. The van der Waals surface area contributed by atoms with E-state index in [1.165, 1.54) is 11.3 Å². The predicted octanol–water partition coefficient (Wildman–Crippen LogP) is 5.63. The van der Waals surface area contributed by atoms with Crippen molar-refractivity contribution in [3.05, 3.63) is 53.0 Å². The highest BCUT2D eigenvalue weighted by Gasteiger charge is 2.16. The van der Waals surface area contributed by atoms with E-state index in [2.05, 4.69) is 31.9 Å². The molecule has 2 aromatic rings. The summed E-state index contributed by atoms with van der Waals surface area (Å²) in [6.45, 7) is 0. The Balaban J connectivity index is 2.42. The Morgan fingerprint density at radius 2 is 1.82 bits per heavy atom. The zero-order valence-electron chi connectivity index (χ0n) is 8.38. The van der Waals surface area contributed by atoms with Crippen LogP contribution in [0.25, 0.3) is 0 Å². The first-order valence-corrected chi connectivity index (χ1v) is 7.80. The van der Waals surface area contributed by atoms with E-state index < -0.39 is 0 Å². The minimum Gasteiger partial charge on any atom is -0.320 e. The average Bonchev–Trinajstić information content (AvgIpc) is 2.62. The van der Waals surface area contributed by atoms with E-state index in [9.17, 15) is 0 Å². The first-order valence-electron chi connectivity index (χ1n) is 4.64. The van der Waals surface area contributed by atoms with Crippen molar-refractivity contribution in [3.63, 3.8) is 0 Å². The molecule has 1 unspecified atom stereocenters. The minimum absolute atomic E-state index is 0.270. The third-order valence-corrected chi connectivity index (χ3v) is 5.66. The molecule has 0 radical (unpaired) electrons. The monoisotopic (exact) mass is 413 g/mol. The van der Waals surface area contributed by atoms with Gasteiger partial charge in [-0.25, -0.2) is 0 Å². The molecule has 0 aliphatic rings. The van der Waals surface area contributed by atoms with Gasteiger partial charge in [-0.15, -0.1) is 11.3 Å². The number of hydrogen-bond donors (Lipinski definition) is 1. The van der Waals surface area contributed by atoms with Gasteiger partial charge in [-0.3, -0.25) is 0 Å². The van der Waals surface area contributed by atoms with E-state index in [1.54, 1.807) is 0 Å². The Bertz CT molecular complexity index is 537. The number of hydrogen-bond acceptors (Lipinski definition) is 2. The highest BCUT2D eigenvalue weighted by Crippen LogP contribution is 2.38. The fraction of sp³-hybridized carbons (Fsp3) is 0.0909. The smallest absolute Gasteiger partial charge is 0.0888 e. The van der Waals surface area contributed by atoms with Crippen LogP contribution in [0, 0.1) is 0 Å². The molecule has 0 aliphatic carbocycles. The molecular formula is C11H7Br2Cl2NS. The average molecular weight is 416 g/mol. The summed E-state index contributed by atoms with van der Waals surface area (Å²) in [5.41, 5.74) is 7.07. The summed E-state index contributed by atoms with van der Waals surface area (Å²) < 4.78 is 1.84. The van der Waals surface area contributed by atoms with E-state index in [4.69, 9.17) is 28.9 Å². The van der Waals surface area contributed by atoms with E-state index in [0.29, 0.717) is 10.0 Å². The fourth-order valence-electron chi connectivity index (χ4n) is 1.42. The molecule has 1 aromatic heterocycles. The summed E-state index contributed by atoms with van der Waals surface area (Å²) in [4.78, 5) is 0.974. The maximum absolute atomic E-state index is 6.19. The molecular weight excluding hydrogens is 409 g/mol. The van der Waals surface area contributed by atoms with Crippen LogP contribution in [-0.4, -0.2) is 0 Å². The summed E-state index contributed by atoms with van der Waals surface area (Å²) in [5.74, 6) is 0. The van der Waals surface area contributed by atoms with Crippen molar-refractivity contribution in [1.29, 1.82) is 0 Å². The fourth-order valence-corrected chi connectivity index (χ4v) is 3.80. The summed E-state index contributed by atoms with van der Waals surface area (Å²) in [6.07, 6.45) is 0. The van der Waals surface area contributed by atoms with Crippen LogP contribution in [0.2, 0.25) is 10.0 Å². The zero-order valence-corrected chi connectivity index (χ0v) is 13.9. The quantitative estimate of drug-likeness (QED) is 0.676. The van der Waals surface area contributed by atoms with Crippen molar-refractivity contribution in [2.75, 3.05) is 0 Å². The number of nitrogens with two attached hydrogens (primary N) is 1. The van der Waals surface area contributed by atoms with Gasteiger partial charge >= 0.3 is 0 Å². The van der Waals surface area contributed by atoms with Crippen LogP contribution in [0.4, 0.5) is 0 Å². The van der Waals surface area contributed by atoms with Gasteiger partial charge in [-0.05, 0) is 45.8 Å². The molecule has 2 N–H and O–H groups in total. The molecule has 0 aliphatic heterocycles. The van der Waals surface area contributed by atoms with Crippen LogP contribution in [-0.2, 0) is 0 Å². The Hall–Kier alpha value is 0.420. The number of halogens is 4. The van der Waals surface area contributed by atoms with Gasteiger partial charge < -0.3 is 5.73 Å². The molecule has 0 saturated carbocycles. The topological polar surface area (TPSA) is 26.0 Å². The van der Waals surface area contributed by atoms with Gasteiger partial charge in [0.1, 0.15) is 0 Å². The van der Waals surface area contributed by atoms with Gasteiger partial charge in [-0.1, -0.05) is 39.1 Å². The van der Waals surface area contributed by atoms with Crippen molar-refractivity contribution in [3.8, 4) is 0 Å². The van der Waals surface area contributed by atoms with E-state index in [0.717, 1.165) is 18.7 Å². The van der Waals surface area contributed by atoms with E-state index >= 15 is 0 Å². The third-order valence-electron chi connectivity index (χ3n) is 2.26. The van der Waals surface area contributed by atoms with Crippen LogP contribution in [0.15, 0.2) is 32.5 Å². The third kappa shape index (κ3) is 3.06. The van der Waals surface area contributed by atoms with Crippen LogP contribution in [0.3, 0.4) is 0 Å². The molecule has 1 heterocycles. The first kappa shape index (κ1) is 13.8. The lowest BCUT2D eigenvalue weighted by Gasteiger charge is -2.12. The van der Waals surface area contributed by atoms with Gasteiger partial charge in [0.05, 0.1) is 14.9 Å². The lowest BCUT2D eigenvalue weighted by atomic mass is 10.1. The molecule has 0 bridgehead atoms. The second-order valence-corrected chi connectivity index (χ2v) is 7.55. The molecule has 0 saturated heterocycles. The van der Waals surface area contributed by atoms with Crippen molar-refractivity contribution >= 4 is 66.4 Å². The van der Waals surface area contributed by atoms with Crippen LogP contribution in [0.5, 0.6) is 0 Å². The van der Waals surface area contributed by atoms with E-state index in [-0.39, 0.29) is 6.04 Å². The summed E-state index contributed by atoms with van der Waals surface area (Å²) in [7, 11) is 0. The van der Waals surface area contributed by atoms with Crippen LogP contribution >= 0.6 is 66.4 Å². The predicted molar refractivity (Wildman–Crippen MR) is 82.2 cm³/mol. The molecule has 1 nitrogen and oxygen atoms in total. The highest BCUT2D eigenvalue weighted by atomic mass is 79.9. The second-order valence-electron chi connectivity index (χ2n) is 3.41. The Morgan fingerprint density at radius 1 is 1.12 bits per heavy atom.